The van der Waals surface area contributed by atoms with Crippen LogP contribution in [-0.2, 0) is 5.41 Å². The SMILES string of the molecule is COc1cccc2c(C(=O)NC(C)C(C)(C)c3ccccc3)coc12. The number of ether oxygens (including phenoxy) is 1. The van der Waals surface area contributed by atoms with Crippen LogP contribution in [0.4, 0.5) is 0 Å². The van der Waals surface area contributed by atoms with Crippen molar-refractivity contribution < 1.29 is 13.9 Å². The van der Waals surface area contributed by atoms with Gasteiger partial charge in [-0.15, -0.1) is 0 Å². The summed E-state index contributed by atoms with van der Waals surface area (Å²) in [6.45, 7) is 6.28. The number of amides is 1. The van der Waals surface area contributed by atoms with E-state index in [1.807, 2.05) is 43.3 Å². The van der Waals surface area contributed by atoms with Crippen LogP contribution < -0.4 is 10.1 Å². The van der Waals surface area contributed by atoms with E-state index in [-0.39, 0.29) is 17.4 Å². The first-order chi connectivity index (χ1) is 11.9. The molecule has 1 amide bonds. The number of methoxy groups -OCH3 is 1. The second kappa shape index (κ2) is 6.63. The van der Waals surface area contributed by atoms with Crippen molar-refractivity contribution in [2.45, 2.75) is 32.2 Å². The van der Waals surface area contributed by atoms with Crippen molar-refractivity contribution in [3.63, 3.8) is 0 Å². The van der Waals surface area contributed by atoms with Gasteiger partial charge in [-0.2, -0.15) is 0 Å². The van der Waals surface area contributed by atoms with Crippen molar-refractivity contribution >= 4 is 16.9 Å². The summed E-state index contributed by atoms with van der Waals surface area (Å²) in [6, 6.07) is 15.7. The molecule has 0 aliphatic heterocycles. The van der Waals surface area contributed by atoms with Crippen LogP contribution in [0, 0.1) is 0 Å². The standard InChI is InChI=1S/C21H23NO3/c1-14(21(2,3)15-9-6-5-7-10-15)22-20(23)17-13-25-19-16(17)11-8-12-18(19)24-4/h5-14H,1-4H3,(H,22,23). The highest BCUT2D eigenvalue weighted by Gasteiger charge is 2.30. The van der Waals surface area contributed by atoms with Gasteiger partial charge in [-0.1, -0.05) is 56.3 Å². The topological polar surface area (TPSA) is 51.5 Å². The summed E-state index contributed by atoms with van der Waals surface area (Å²) in [7, 11) is 1.58. The number of fused-ring (bicyclic) bond motifs is 1. The van der Waals surface area contributed by atoms with Crippen LogP contribution >= 0.6 is 0 Å². The Morgan fingerprint density at radius 1 is 1.12 bits per heavy atom. The Morgan fingerprint density at radius 2 is 1.84 bits per heavy atom. The van der Waals surface area contributed by atoms with E-state index in [1.165, 1.54) is 11.8 Å². The van der Waals surface area contributed by atoms with Gasteiger partial charge in [-0.3, -0.25) is 4.79 Å². The van der Waals surface area contributed by atoms with Crippen molar-refractivity contribution in [1.82, 2.24) is 5.32 Å². The maximum atomic E-state index is 12.8. The number of benzene rings is 2. The molecule has 25 heavy (non-hydrogen) atoms. The van der Waals surface area contributed by atoms with E-state index in [1.54, 1.807) is 7.11 Å². The Hall–Kier alpha value is -2.75. The van der Waals surface area contributed by atoms with Gasteiger partial charge >= 0.3 is 0 Å². The number of hydrogen-bond acceptors (Lipinski definition) is 3. The highest BCUT2D eigenvalue weighted by Crippen LogP contribution is 2.31. The third-order valence-electron chi connectivity index (χ3n) is 4.98. The normalized spacial score (nSPS) is 12.8. The Morgan fingerprint density at radius 3 is 2.52 bits per heavy atom. The molecule has 1 aromatic heterocycles. The monoisotopic (exact) mass is 337 g/mol. The van der Waals surface area contributed by atoms with Crippen LogP contribution in [0.15, 0.2) is 59.2 Å². The minimum atomic E-state index is -0.200. The molecule has 4 heteroatoms. The predicted molar refractivity (Wildman–Crippen MR) is 99.2 cm³/mol. The Bertz CT molecular complexity index is 881. The summed E-state index contributed by atoms with van der Waals surface area (Å²) in [5, 5.41) is 3.86. The second-order valence-electron chi connectivity index (χ2n) is 6.77. The lowest BCUT2D eigenvalue weighted by atomic mass is 9.78. The van der Waals surface area contributed by atoms with Crippen LogP contribution in [0.1, 0.15) is 36.7 Å². The zero-order chi connectivity index (χ0) is 18.0. The quantitative estimate of drug-likeness (QED) is 0.744. The van der Waals surface area contributed by atoms with Crippen molar-refractivity contribution in [3.8, 4) is 5.75 Å². The fourth-order valence-electron chi connectivity index (χ4n) is 2.94. The maximum absolute atomic E-state index is 12.8. The molecule has 2 aromatic carbocycles. The third kappa shape index (κ3) is 3.12. The van der Waals surface area contributed by atoms with Gasteiger partial charge in [0.05, 0.1) is 12.7 Å². The van der Waals surface area contributed by atoms with Gasteiger partial charge < -0.3 is 14.5 Å². The van der Waals surface area contributed by atoms with Gasteiger partial charge in [-0.25, -0.2) is 0 Å². The van der Waals surface area contributed by atoms with Gasteiger partial charge in [-0.05, 0) is 18.6 Å². The summed E-state index contributed by atoms with van der Waals surface area (Å²) >= 11 is 0. The predicted octanol–water partition coefficient (Wildman–Crippen LogP) is 4.54. The molecule has 0 saturated heterocycles. The molecule has 1 atom stereocenters. The molecule has 1 unspecified atom stereocenters. The van der Waals surface area contributed by atoms with Crippen LogP contribution in [-0.4, -0.2) is 19.1 Å². The molecule has 1 heterocycles. The van der Waals surface area contributed by atoms with Gasteiger partial charge in [0.2, 0.25) is 0 Å². The smallest absolute Gasteiger partial charge is 0.255 e. The lowest BCUT2D eigenvalue weighted by molar-refractivity contribution is 0.0924. The largest absolute Gasteiger partial charge is 0.493 e. The fraction of sp³-hybridized carbons (Fsp3) is 0.286. The van der Waals surface area contributed by atoms with E-state index in [4.69, 9.17) is 9.15 Å². The van der Waals surface area contributed by atoms with E-state index < -0.39 is 0 Å². The van der Waals surface area contributed by atoms with Crippen LogP contribution in [0.5, 0.6) is 5.75 Å². The van der Waals surface area contributed by atoms with Crippen molar-refractivity contribution in [2.24, 2.45) is 0 Å². The number of para-hydroxylation sites is 1. The number of nitrogens with one attached hydrogen (secondary N) is 1. The summed E-state index contributed by atoms with van der Waals surface area (Å²) in [5.74, 6) is 0.470. The summed E-state index contributed by atoms with van der Waals surface area (Å²) < 4.78 is 10.8. The molecule has 0 spiro atoms. The zero-order valence-corrected chi connectivity index (χ0v) is 15.0. The van der Waals surface area contributed by atoms with Crippen molar-refractivity contribution in [3.05, 3.63) is 65.9 Å². The van der Waals surface area contributed by atoms with E-state index in [0.717, 1.165) is 5.39 Å². The first kappa shape index (κ1) is 17.1. The first-order valence-corrected chi connectivity index (χ1v) is 8.35. The minimum absolute atomic E-state index is 0.0574. The number of furan rings is 1. The molecule has 0 fully saturated rings. The summed E-state index contributed by atoms with van der Waals surface area (Å²) in [5.41, 5.74) is 2.09. The van der Waals surface area contributed by atoms with E-state index in [9.17, 15) is 4.79 Å². The lowest BCUT2D eigenvalue weighted by Crippen LogP contribution is -2.45. The minimum Gasteiger partial charge on any atom is -0.493 e. The molecule has 3 aromatic rings. The van der Waals surface area contributed by atoms with Gasteiger partial charge in [0.25, 0.3) is 5.91 Å². The third-order valence-corrected chi connectivity index (χ3v) is 4.98. The van der Waals surface area contributed by atoms with Gasteiger partial charge in [0.15, 0.2) is 11.3 Å². The number of carbonyl (C=O) groups excluding carboxylic acids is 1. The molecule has 0 radical (unpaired) electrons. The molecule has 4 nitrogen and oxygen atoms in total. The number of hydrogen-bond donors (Lipinski definition) is 1. The number of carbonyl (C=O) groups is 1. The van der Waals surface area contributed by atoms with E-state index >= 15 is 0 Å². The van der Waals surface area contributed by atoms with Gasteiger partial charge in [0.1, 0.15) is 6.26 Å². The molecule has 3 rings (SSSR count). The molecular weight excluding hydrogens is 314 g/mol. The molecule has 0 aliphatic rings. The highest BCUT2D eigenvalue weighted by molar-refractivity contribution is 6.07. The lowest BCUT2D eigenvalue weighted by Gasteiger charge is -2.33. The van der Waals surface area contributed by atoms with Crippen LogP contribution in [0.25, 0.3) is 11.0 Å². The van der Waals surface area contributed by atoms with Gasteiger partial charge in [0, 0.05) is 16.8 Å². The zero-order valence-electron chi connectivity index (χ0n) is 15.0. The molecule has 0 bridgehead atoms. The fourth-order valence-corrected chi connectivity index (χ4v) is 2.94. The highest BCUT2D eigenvalue weighted by atomic mass is 16.5. The Balaban J connectivity index is 1.85. The van der Waals surface area contributed by atoms with E-state index in [0.29, 0.717) is 16.9 Å². The molecule has 0 aliphatic carbocycles. The first-order valence-electron chi connectivity index (χ1n) is 8.35. The van der Waals surface area contributed by atoms with Crippen molar-refractivity contribution in [1.29, 1.82) is 0 Å². The summed E-state index contributed by atoms with van der Waals surface area (Å²) in [4.78, 5) is 12.8. The second-order valence-corrected chi connectivity index (χ2v) is 6.77. The van der Waals surface area contributed by atoms with Crippen molar-refractivity contribution in [2.75, 3.05) is 7.11 Å². The molecule has 1 N–H and O–H groups in total. The Kier molecular flexibility index (Phi) is 4.53. The van der Waals surface area contributed by atoms with E-state index in [2.05, 4.69) is 31.3 Å². The summed E-state index contributed by atoms with van der Waals surface area (Å²) in [6.07, 6.45) is 1.49. The number of rotatable bonds is 5. The maximum Gasteiger partial charge on any atom is 0.255 e. The molecule has 0 saturated carbocycles. The van der Waals surface area contributed by atoms with Crippen LogP contribution in [0.3, 0.4) is 0 Å². The molecule has 130 valence electrons. The molecular formula is C21H23NO3. The van der Waals surface area contributed by atoms with Crippen LogP contribution in [0.2, 0.25) is 0 Å². The Labute approximate surface area is 147 Å². The average Bonchev–Trinajstić information content (AvgIpc) is 3.06. The average molecular weight is 337 g/mol.